The molecule has 7 heteroatoms. The van der Waals surface area contributed by atoms with E-state index >= 15 is 0 Å². The van der Waals surface area contributed by atoms with Crippen molar-refractivity contribution < 1.29 is 10.0 Å². The lowest BCUT2D eigenvalue weighted by molar-refractivity contribution is -0.385. The zero-order valence-corrected chi connectivity index (χ0v) is 10.2. The summed E-state index contributed by atoms with van der Waals surface area (Å²) in [5.74, 6) is 0.508. The number of hydrogen-bond donors (Lipinski definition) is 1. The molecule has 0 saturated heterocycles. The van der Waals surface area contributed by atoms with Gasteiger partial charge in [-0.1, -0.05) is 11.6 Å². The largest absolute Gasteiger partial charge is 0.396 e. The van der Waals surface area contributed by atoms with Gasteiger partial charge in [-0.05, 0) is 13.3 Å². The second kappa shape index (κ2) is 6.36. The minimum absolute atomic E-state index is 0.0844. The molecule has 1 heterocycles. The molecule has 0 fully saturated rings. The van der Waals surface area contributed by atoms with Crippen LogP contribution < -0.4 is 4.90 Å². The molecule has 0 amide bonds. The lowest BCUT2D eigenvalue weighted by Gasteiger charge is -2.22. The van der Waals surface area contributed by atoms with Gasteiger partial charge in [0.1, 0.15) is 12.0 Å². The molecule has 0 spiro atoms. The first-order chi connectivity index (χ1) is 8.10. The second-order valence-electron chi connectivity index (χ2n) is 3.41. The van der Waals surface area contributed by atoms with Crippen molar-refractivity contribution in [2.75, 3.05) is 24.6 Å². The fourth-order valence-electron chi connectivity index (χ4n) is 1.43. The number of nitrogens with zero attached hydrogens (tertiary/aromatic N) is 3. The highest BCUT2D eigenvalue weighted by Gasteiger charge is 2.14. The van der Waals surface area contributed by atoms with Crippen LogP contribution in [0.1, 0.15) is 13.3 Å². The van der Waals surface area contributed by atoms with Crippen LogP contribution in [0.15, 0.2) is 12.3 Å². The first-order valence-corrected chi connectivity index (χ1v) is 5.63. The van der Waals surface area contributed by atoms with Gasteiger partial charge in [-0.2, -0.15) is 0 Å². The van der Waals surface area contributed by atoms with Crippen molar-refractivity contribution in [3.8, 4) is 0 Å². The molecule has 0 aromatic carbocycles. The zero-order valence-electron chi connectivity index (χ0n) is 9.47. The third-order valence-electron chi connectivity index (χ3n) is 2.29. The monoisotopic (exact) mass is 259 g/mol. The Balaban J connectivity index is 2.92. The number of anilines is 1. The number of aliphatic hydroxyl groups excluding tert-OH is 1. The topological polar surface area (TPSA) is 79.5 Å². The molecule has 1 aromatic rings. The third kappa shape index (κ3) is 3.54. The van der Waals surface area contributed by atoms with Gasteiger partial charge in [0, 0.05) is 25.8 Å². The van der Waals surface area contributed by atoms with Crippen molar-refractivity contribution in [3.63, 3.8) is 0 Å². The summed E-state index contributed by atoms with van der Waals surface area (Å²) in [5.41, 5.74) is -0.128. The van der Waals surface area contributed by atoms with Gasteiger partial charge < -0.3 is 10.0 Å². The van der Waals surface area contributed by atoms with Crippen LogP contribution in [0.5, 0.6) is 0 Å². The van der Waals surface area contributed by atoms with Crippen LogP contribution in [0.3, 0.4) is 0 Å². The first kappa shape index (κ1) is 13.7. The normalized spacial score (nSPS) is 10.3. The van der Waals surface area contributed by atoms with Crippen LogP contribution >= 0.6 is 11.6 Å². The molecule has 0 bridgehead atoms. The molecule has 0 unspecified atom stereocenters. The molecule has 0 aliphatic heterocycles. The summed E-state index contributed by atoms with van der Waals surface area (Å²) >= 11 is 5.95. The quantitative estimate of drug-likeness (QED) is 0.623. The maximum Gasteiger partial charge on any atom is 0.289 e. The maximum atomic E-state index is 10.5. The van der Waals surface area contributed by atoms with Crippen molar-refractivity contribution in [1.82, 2.24) is 4.98 Å². The maximum absolute atomic E-state index is 10.5. The Hall–Kier alpha value is -1.40. The molecule has 94 valence electrons. The van der Waals surface area contributed by atoms with Crippen molar-refractivity contribution in [1.29, 1.82) is 0 Å². The highest BCUT2D eigenvalue weighted by atomic mass is 35.5. The first-order valence-electron chi connectivity index (χ1n) is 5.25. The van der Waals surface area contributed by atoms with Crippen LogP contribution in [-0.2, 0) is 0 Å². The van der Waals surface area contributed by atoms with Gasteiger partial charge in [0.2, 0.25) is 0 Å². The molecule has 0 aliphatic rings. The van der Waals surface area contributed by atoms with Crippen molar-refractivity contribution in [2.24, 2.45) is 0 Å². The number of rotatable bonds is 6. The molecule has 0 aliphatic carbocycles. The van der Waals surface area contributed by atoms with Gasteiger partial charge in [0.15, 0.2) is 0 Å². The van der Waals surface area contributed by atoms with Crippen LogP contribution in [0.2, 0.25) is 5.02 Å². The molecule has 17 heavy (non-hydrogen) atoms. The Kier molecular flexibility index (Phi) is 5.11. The predicted octanol–water partition coefficient (Wildman–Crippen LogP) is 1.85. The summed E-state index contributed by atoms with van der Waals surface area (Å²) in [7, 11) is 0. The average molecular weight is 260 g/mol. The second-order valence-corrected chi connectivity index (χ2v) is 3.82. The van der Waals surface area contributed by atoms with Crippen LogP contribution in [0, 0.1) is 10.1 Å². The SMILES string of the molecule is CCN(CCCO)c1ncc([N+](=O)[O-])cc1Cl. The Morgan fingerprint density at radius 2 is 2.35 bits per heavy atom. The van der Waals surface area contributed by atoms with Crippen molar-refractivity contribution in [2.45, 2.75) is 13.3 Å². The molecule has 0 atom stereocenters. The van der Waals surface area contributed by atoms with Gasteiger partial charge in [-0.25, -0.2) is 4.98 Å². The van der Waals surface area contributed by atoms with E-state index in [4.69, 9.17) is 16.7 Å². The van der Waals surface area contributed by atoms with E-state index in [1.807, 2.05) is 11.8 Å². The Morgan fingerprint density at radius 1 is 1.65 bits per heavy atom. The number of halogens is 1. The van der Waals surface area contributed by atoms with Crippen LogP contribution in [0.4, 0.5) is 11.5 Å². The minimum Gasteiger partial charge on any atom is -0.396 e. The van der Waals surface area contributed by atoms with Gasteiger partial charge in [0.25, 0.3) is 5.69 Å². The smallest absolute Gasteiger partial charge is 0.289 e. The molecular formula is C10H14ClN3O3. The molecule has 1 N–H and O–H groups in total. The van der Waals surface area contributed by atoms with E-state index in [1.165, 1.54) is 12.3 Å². The number of nitro groups is 1. The van der Waals surface area contributed by atoms with E-state index in [2.05, 4.69) is 4.98 Å². The van der Waals surface area contributed by atoms with Crippen molar-refractivity contribution >= 4 is 23.1 Å². The van der Waals surface area contributed by atoms with Gasteiger partial charge in [-0.15, -0.1) is 0 Å². The van der Waals surface area contributed by atoms with Gasteiger partial charge >= 0.3 is 0 Å². The number of aliphatic hydroxyl groups is 1. The van der Waals surface area contributed by atoms with E-state index in [1.54, 1.807) is 0 Å². The van der Waals surface area contributed by atoms with E-state index in [0.717, 1.165) is 0 Å². The predicted molar refractivity (Wildman–Crippen MR) is 65.5 cm³/mol. The van der Waals surface area contributed by atoms with Gasteiger partial charge in [-0.3, -0.25) is 10.1 Å². The van der Waals surface area contributed by atoms with Crippen molar-refractivity contribution in [3.05, 3.63) is 27.4 Å². The molecule has 0 radical (unpaired) electrons. The van der Waals surface area contributed by atoms with Crippen LogP contribution in [0.25, 0.3) is 0 Å². The lowest BCUT2D eigenvalue weighted by Crippen LogP contribution is -2.25. The number of pyridine rings is 1. The summed E-state index contributed by atoms with van der Waals surface area (Å²) in [6.07, 6.45) is 1.78. The number of aromatic nitrogens is 1. The number of hydrogen-bond acceptors (Lipinski definition) is 5. The Morgan fingerprint density at radius 3 is 2.82 bits per heavy atom. The molecular weight excluding hydrogens is 246 g/mol. The summed E-state index contributed by atoms with van der Waals surface area (Å²) in [4.78, 5) is 15.9. The summed E-state index contributed by atoms with van der Waals surface area (Å²) < 4.78 is 0. The lowest BCUT2D eigenvalue weighted by atomic mass is 10.3. The standard InChI is InChI=1S/C10H14ClN3O3/c1-2-13(4-3-5-15)10-9(11)6-8(7-12-10)14(16)17/h6-7,15H,2-5H2,1H3. The summed E-state index contributed by atoms with van der Waals surface area (Å²) in [5, 5.41) is 19.6. The molecule has 0 saturated carbocycles. The Bertz CT molecular complexity index is 400. The van der Waals surface area contributed by atoms with Crippen LogP contribution in [-0.4, -0.2) is 34.7 Å². The zero-order chi connectivity index (χ0) is 12.8. The van der Waals surface area contributed by atoms with E-state index in [9.17, 15) is 10.1 Å². The van der Waals surface area contributed by atoms with E-state index in [0.29, 0.717) is 25.3 Å². The fourth-order valence-corrected chi connectivity index (χ4v) is 1.71. The molecule has 6 nitrogen and oxygen atoms in total. The highest BCUT2D eigenvalue weighted by Crippen LogP contribution is 2.26. The fraction of sp³-hybridized carbons (Fsp3) is 0.500. The molecule has 1 rings (SSSR count). The van der Waals surface area contributed by atoms with Gasteiger partial charge in [0.05, 0.1) is 9.95 Å². The average Bonchev–Trinajstić information content (AvgIpc) is 2.31. The molecule has 1 aromatic heterocycles. The highest BCUT2D eigenvalue weighted by molar-refractivity contribution is 6.33. The van der Waals surface area contributed by atoms with E-state index < -0.39 is 4.92 Å². The van der Waals surface area contributed by atoms with E-state index in [-0.39, 0.29) is 17.3 Å². The third-order valence-corrected chi connectivity index (χ3v) is 2.56. The Labute approximate surface area is 104 Å². The summed E-state index contributed by atoms with van der Waals surface area (Å²) in [6.45, 7) is 3.29. The minimum atomic E-state index is -0.535. The summed E-state index contributed by atoms with van der Waals surface area (Å²) in [6, 6.07) is 1.28.